The van der Waals surface area contributed by atoms with E-state index in [9.17, 15) is 24.0 Å². The van der Waals surface area contributed by atoms with Crippen molar-refractivity contribution in [2.45, 2.75) is 50.7 Å². The minimum Gasteiger partial charge on any atom is -0.467 e. The van der Waals surface area contributed by atoms with Crippen LogP contribution in [0.3, 0.4) is 0 Å². The summed E-state index contributed by atoms with van der Waals surface area (Å²) >= 11 is 0. The van der Waals surface area contributed by atoms with Crippen molar-refractivity contribution in [1.29, 1.82) is 0 Å². The molecule has 15 nitrogen and oxygen atoms in total. The number of piperazine rings is 1. The van der Waals surface area contributed by atoms with Crippen molar-refractivity contribution in [3.05, 3.63) is 78.0 Å². The van der Waals surface area contributed by atoms with Crippen molar-refractivity contribution in [3.8, 4) is 11.6 Å². The number of ether oxygens (including phenoxy) is 1. The molecule has 3 fully saturated rings. The first kappa shape index (κ1) is 35.4. The van der Waals surface area contributed by atoms with Gasteiger partial charge in [-0.1, -0.05) is 48.5 Å². The van der Waals surface area contributed by atoms with E-state index in [0.717, 1.165) is 31.2 Å². The zero-order valence-electron chi connectivity index (χ0n) is 28.7. The van der Waals surface area contributed by atoms with Crippen LogP contribution in [0.4, 0.5) is 4.79 Å². The highest BCUT2D eigenvalue weighted by Gasteiger charge is 2.36. The molecule has 15 heteroatoms. The zero-order valence-corrected chi connectivity index (χ0v) is 28.7. The quantitative estimate of drug-likeness (QED) is 0.288. The molecule has 3 aromatic rings. The molecule has 2 aromatic carbocycles. The van der Waals surface area contributed by atoms with Crippen LogP contribution in [-0.4, -0.2) is 124 Å². The summed E-state index contributed by atoms with van der Waals surface area (Å²) in [6.45, 7) is 1.58. The number of hydrogen-bond acceptors (Lipinski definition) is 9. The van der Waals surface area contributed by atoms with Crippen LogP contribution in [0.2, 0.25) is 0 Å². The van der Waals surface area contributed by atoms with E-state index in [1.165, 1.54) is 20.7 Å². The Morgan fingerprint density at radius 3 is 2.25 bits per heavy atom. The van der Waals surface area contributed by atoms with Crippen LogP contribution >= 0.6 is 0 Å². The van der Waals surface area contributed by atoms with Crippen LogP contribution < -0.4 is 15.4 Å². The molecule has 51 heavy (non-hydrogen) atoms. The lowest BCUT2D eigenvalue weighted by Gasteiger charge is -2.34. The predicted octanol–water partition coefficient (Wildman–Crippen LogP) is 1.97. The van der Waals surface area contributed by atoms with E-state index < -0.39 is 18.0 Å². The third-order valence-electron chi connectivity index (χ3n) is 9.35. The van der Waals surface area contributed by atoms with Crippen LogP contribution in [-0.2, 0) is 25.8 Å². The molecule has 1 atom stereocenters. The second-order valence-corrected chi connectivity index (χ2v) is 13.0. The summed E-state index contributed by atoms with van der Waals surface area (Å²) in [5, 5.41) is 11.6. The number of aromatic nitrogens is 2. The smallest absolute Gasteiger partial charge is 0.428 e. The molecule has 2 N–H and O–H groups in total. The maximum Gasteiger partial charge on any atom is 0.428 e. The van der Waals surface area contributed by atoms with Gasteiger partial charge in [-0.05, 0) is 49.8 Å². The number of nitrogens with zero attached hydrogens (tertiary/aromatic N) is 6. The topological polar surface area (TPSA) is 159 Å². The number of hydrogen-bond donors (Lipinski definition) is 2. The molecule has 2 aliphatic heterocycles. The average Bonchev–Trinajstić information content (AvgIpc) is 3.80. The summed E-state index contributed by atoms with van der Waals surface area (Å²) in [5.41, 5.74) is 1.60. The molecule has 0 radical (unpaired) electrons. The fourth-order valence-electron chi connectivity index (χ4n) is 6.23. The van der Waals surface area contributed by atoms with Gasteiger partial charge in [-0.2, -0.15) is 5.10 Å². The van der Waals surface area contributed by atoms with E-state index in [1.807, 2.05) is 48.5 Å². The van der Waals surface area contributed by atoms with Crippen LogP contribution in [0, 0.1) is 0 Å². The lowest BCUT2D eigenvalue weighted by Crippen LogP contribution is -2.52. The minimum absolute atomic E-state index is 0.00406. The summed E-state index contributed by atoms with van der Waals surface area (Å²) in [6, 6.07) is 19.7. The highest BCUT2D eigenvalue weighted by Crippen LogP contribution is 2.23. The van der Waals surface area contributed by atoms with E-state index in [2.05, 4.69) is 15.7 Å². The maximum absolute atomic E-state index is 13.2. The molecule has 3 aliphatic rings. The van der Waals surface area contributed by atoms with Crippen LogP contribution in [0.15, 0.2) is 66.7 Å². The van der Waals surface area contributed by atoms with Crippen LogP contribution in [0.25, 0.3) is 5.69 Å². The first-order valence-electron chi connectivity index (χ1n) is 17.4. The Balaban J connectivity index is 0.994. The molecule has 0 bridgehead atoms. The van der Waals surface area contributed by atoms with E-state index in [-0.39, 0.29) is 48.5 Å². The lowest BCUT2D eigenvalue weighted by molar-refractivity contribution is -0.149. The molecule has 3 heterocycles. The maximum atomic E-state index is 13.2. The number of hydroxylamine groups is 2. The number of likely N-dealkylation sites (tertiary alicyclic amines) is 1. The molecule has 1 saturated carbocycles. The van der Waals surface area contributed by atoms with Crippen molar-refractivity contribution in [3.63, 3.8) is 0 Å². The molecule has 1 aliphatic carbocycles. The van der Waals surface area contributed by atoms with Gasteiger partial charge in [0, 0.05) is 45.3 Å². The third kappa shape index (κ3) is 9.03. The fourth-order valence-corrected chi connectivity index (χ4v) is 6.23. The summed E-state index contributed by atoms with van der Waals surface area (Å²) in [4.78, 5) is 74.9. The van der Waals surface area contributed by atoms with Crippen molar-refractivity contribution in [1.82, 2.24) is 40.2 Å². The molecule has 0 spiro atoms. The Kier molecular flexibility index (Phi) is 11.5. The van der Waals surface area contributed by atoms with Crippen LogP contribution in [0.1, 0.15) is 48.2 Å². The zero-order chi connectivity index (χ0) is 35.7. The van der Waals surface area contributed by atoms with Gasteiger partial charge in [0.1, 0.15) is 6.04 Å². The largest absolute Gasteiger partial charge is 0.467 e. The van der Waals surface area contributed by atoms with E-state index in [0.29, 0.717) is 51.4 Å². The Labute approximate surface area is 296 Å². The summed E-state index contributed by atoms with van der Waals surface area (Å²) < 4.78 is 7.34. The lowest BCUT2D eigenvalue weighted by atomic mass is 9.93. The molecular weight excluding hydrogens is 656 g/mol. The summed E-state index contributed by atoms with van der Waals surface area (Å²) in [7, 11) is 1.66. The highest BCUT2D eigenvalue weighted by molar-refractivity contribution is 5.95. The predicted molar refractivity (Wildman–Crippen MR) is 184 cm³/mol. The normalized spacial score (nSPS) is 17.7. The molecule has 6 rings (SSSR count). The van der Waals surface area contributed by atoms with E-state index >= 15 is 0 Å². The Morgan fingerprint density at radius 1 is 0.863 bits per heavy atom. The van der Waals surface area contributed by atoms with Gasteiger partial charge < -0.3 is 34.9 Å². The van der Waals surface area contributed by atoms with E-state index in [1.54, 1.807) is 29.0 Å². The number of amides is 5. The number of rotatable bonds is 12. The van der Waals surface area contributed by atoms with Crippen molar-refractivity contribution in [2.75, 3.05) is 52.9 Å². The fraction of sp³-hybridized carbons (Fsp3) is 0.444. The summed E-state index contributed by atoms with van der Waals surface area (Å²) in [5.74, 6) is -1.16. The Bertz CT molecular complexity index is 1690. The molecule has 0 unspecified atom stereocenters. The third-order valence-corrected chi connectivity index (χ3v) is 9.35. The molecule has 5 amide bonds. The number of benzene rings is 2. The minimum atomic E-state index is -0.588. The average molecular weight is 701 g/mol. The van der Waals surface area contributed by atoms with Gasteiger partial charge in [0.2, 0.25) is 17.7 Å². The Morgan fingerprint density at radius 2 is 1.57 bits per heavy atom. The van der Waals surface area contributed by atoms with Gasteiger partial charge in [-0.15, -0.1) is 5.06 Å². The first-order chi connectivity index (χ1) is 24.7. The summed E-state index contributed by atoms with van der Waals surface area (Å²) in [6.07, 6.45) is 3.88. The van der Waals surface area contributed by atoms with Gasteiger partial charge in [-0.25, -0.2) is 9.48 Å². The second-order valence-electron chi connectivity index (χ2n) is 13.0. The first-order valence-corrected chi connectivity index (χ1v) is 17.4. The molecule has 270 valence electrons. The number of para-hydroxylation sites is 1. The van der Waals surface area contributed by atoms with Gasteiger partial charge in [0.25, 0.3) is 11.8 Å². The standard InChI is InChI=1S/C36H44N8O7/c1-40(24-26-10-4-2-5-11-26)36(49)51-42-20-18-41(19-21-42)31(45)23-37-34(47)29-22-33(44(39-29)28-14-6-3-7-15-28)50-25-32(46)43-17-9-16-30(43)35(48)38-27-12-8-13-27/h2-7,10-11,14-15,22,27,30H,8-9,12-13,16-21,23-25H2,1H3,(H,37,47)(H,38,48)/t30-/m0/s1. The van der Waals surface area contributed by atoms with Crippen molar-refractivity contribution in [2.24, 2.45) is 0 Å². The number of nitrogens with one attached hydrogen (secondary N) is 2. The number of carbonyl (C=O) groups is 5. The van der Waals surface area contributed by atoms with Crippen molar-refractivity contribution < 1.29 is 33.5 Å². The molecule has 2 saturated heterocycles. The van der Waals surface area contributed by atoms with Gasteiger partial charge in [-0.3, -0.25) is 19.2 Å². The van der Waals surface area contributed by atoms with E-state index in [4.69, 9.17) is 9.57 Å². The van der Waals surface area contributed by atoms with Gasteiger partial charge in [0.05, 0.1) is 25.3 Å². The Hall–Kier alpha value is -5.44. The molecule has 1 aromatic heterocycles. The van der Waals surface area contributed by atoms with Crippen molar-refractivity contribution >= 4 is 29.7 Å². The monoisotopic (exact) mass is 700 g/mol. The van der Waals surface area contributed by atoms with Gasteiger partial charge in [0.15, 0.2) is 12.3 Å². The number of carbonyl (C=O) groups excluding carboxylic acids is 5. The second kappa shape index (κ2) is 16.5. The van der Waals surface area contributed by atoms with Gasteiger partial charge >= 0.3 is 6.09 Å². The SMILES string of the molecule is CN(Cc1ccccc1)C(=O)ON1CCN(C(=O)CNC(=O)c2cc(OCC(=O)N3CCC[C@H]3C(=O)NC3CCC3)n(-c3ccccc3)n2)CC1. The highest BCUT2D eigenvalue weighted by atomic mass is 16.7. The van der Waals surface area contributed by atoms with Crippen LogP contribution in [0.5, 0.6) is 5.88 Å². The molecular formula is C36H44N8O7.